The zero-order valence-electron chi connectivity index (χ0n) is 14.4. The van der Waals surface area contributed by atoms with Crippen LogP contribution in [0.4, 0.5) is 17.5 Å². The molecule has 0 fully saturated rings. The van der Waals surface area contributed by atoms with E-state index in [0.29, 0.717) is 0 Å². The quantitative estimate of drug-likeness (QED) is 0.327. The van der Waals surface area contributed by atoms with Gasteiger partial charge in [0.15, 0.2) is 22.6 Å². The van der Waals surface area contributed by atoms with E-state index >= 15 is 0 Å². The van der Waals surface area contributed by atoms with Crippen LogP contribution in [0.1, 0.15) is 17.1 Å². The van der Waals surface area contributed by atoms with Gasteiger partial charge >= 0.3 is 5.82 Å². The minimum absolute atomic E-state index is 0.000622. The Kier molecular flexibility index (Phi) is 3.76. The van der Waals surface area contributed by atoms with Crippen LogP contribution in [0.5, 0.6) is 0 Å². The second-order valence-electron chi connectivity index (χ2n) is 5.45. The maximum Gasteiger partial charge on any atom is 0.307 e. The van der Waals surface area contributed by atoms with Gasteiger partial charge in [-0.05, 0) is 0 Å². The van der Waals surface area contributed by atoms with Crippen LogP contribution >= 0.6 is 0 Å². The van der Waals surface area contributed by atoms with Gasteiger partial charge in [0.2, 0.25) is 16.6 Å². The summed E-state index contributed by atoms with van der Waals surface area (Å²) < 4.78 is 0. The lowest BCUT2D eigenvalue weighted by molar-refractivity contribution is 1.19. The molecule has 0 aliphatic rings. The molecule has 4 rings (SSSR count). The molecule has 0 unspecified atom stereocenters. The number of nitrogens with zero attached hydrogens (tertiary/aromatic N) is 12. The smallest absolute Gasteiger partial charge is 0.307 e. The third-order valence-corrected chi connectivity index (χ3v) is 3.94. The summed E-state index contributed by atoms with van der Waals surface area (Å²) in [5, 5.41) is 27.9. The van der Waals surface area contributed by atoms with Gasteiger partial charge in [-0.15, -0.1) is 15.0 Å². The lowest BCUT2D eigenvalue weighted by Gasteiger charge is -2.04. The van der Waals surface area contributed by atoms with Gasteiger partial charge in [-0.1, -0.05) is 19.7 Å². The van der Waals surface area contributed by atoms with E-state index in [1.54, 1.807) is 18.2 Å². The summed E-state index contributed by atoms with van der Waals surface area (Å²) in [5.41, 5.74) is -0.851. The highest BCUT2D eigenvalue weighted by atomic mass is 15.0. The number of aromatic nitrogens is 6. The van der Waals surface area contributed by atoms with Crippen LogP contribution in [0.25, 0.3) is 47.6 Å². The predicted octanol–water partition coefficient (Wildman–Crippen LogP) is 2.78. The average Bonchev–Trinajstić information content (AvgIpc) is 2.81. The maximum absolute atomic E-state index is 9.30. The van der Waals surface area contributed by atoms with E-state index in [2.05, 4.69) is 44.4 Å². The van der Waals surface area contributed by atoms with Crippen molar-refractivity contribution in [1.82, 2.24) is 29.9 Å². The topological polar surface area (TPSA) is 162 Å². The first-order valence-corrected chi connectivity index (χ1v) is 7.70. The molecular formula is C18N12. The summed E-state index contributed by atoms with van der Waals surface area (Å²) in [5.74, 6) is -0.893. The molecular weight excluding hydrogens is 384 g/mol. The molecule has 0 amide bonds. The van der Waals surface area contributed by atoms with E-state index in [0.717, 1.165) is 0 Å². The molecule has 0 N–H and O–H groups in total. The first-order chi connectivity index (χ1) is 14.6. The Morgan fingerprint density at radius 2 is 0.767 bits per heavy atom. The normalized spacial score (nSPS) is 9.80. The molecule has 0 spiro atoms. The Labute approximate surface area is 166 Å². The molecule has 3 heterocycles. The first-order valence-electron chi connectivity index (χ1n) is 7.70. The van der Waals surface area contributed by atoms with E-state index in [4.69, 9.17) is 19.7 Å². The Morgan fingerprint density at radius 3 is 1.10 bits per heavy atom. The molecule has 3 aromatic heterocycles. The van der Waals surface area contributed by atoms with Crippen LogP contribution < -0.4 is 0 Å². The van der Waals surface area contributed by atoms with Crippen LogP contribution in [0, 0.1) is 53.7 Å². The van der Waals surface area contributed by atoms with Crippen molar-refractivity contribution >= 4 is 50.6 Å². The molecule has 0 saturated heterocycles. The average molecular weight is 384 g/mol. The second-order valence-corrected chi connectivity index (χ2v) is 5.45. The van der Waals surface area contributed by atoms with Crippen molar-refractivity contribution in [2.24, 2.45) is 0 Å². The Bertz CT molecular complexity index is 1350. The lowest BCUT2D eigenvalue weighted by atomic mass is 10.1. The maximum atomic E-state index is 9.30. The van der Waals surface area contributed by atoms with Crippen molar-refractivity contribution in [3.05, 3.63) is 51.3 Å². The van der Waals surface area contributed by atoms with E-state index in [9.17, 15) is 15.8 Å². The fraction of sp³-hybridized carbons (Fsp3) is 0. The minimum atomic E-state index is -0.300. The number of hydrogen-bond donors (Lipinski definition) is 0. The van der Waals surface area contributed by atoms with E-state index in [1.807, 2.05) is 0 Å². The Hall–Kier alpha value is -5.82. The molecule has 12 nitrogen and oxygen atoms in total. The van der Waals surface area contributed by atoms with E-state index < -0.39 is 0 Å². The van der Waals surface area contributed by atoms with Crippen molar-refractivity contribution in [1.29, 1.82) is 15.8 Å². The number of fused-ring (bicyclic) bond motifs is 6. The van der Waals surface area contributed by atoms with Crippen molar-refractivity contribution in [2.75, 3.05) is 0 Å². The zero-order valence-corrected chi connectivity index (χ0v) is 14.4. The number of rotatable bonds is 0. The third kappa shape index (κ3) is 2.27. The zero-order chi connectivity index (χ0) is 21.4. The molecule has 30 heavy (non-hydrogen) atoms. The number of benzene rings is 1. The number of hydrogen-bond acceptors (Lipinski definition) is 9. The third-order valence-electron chi connectivity index (χ3n) is 3.94. The molecule has 1 aromatic carbocycles. The summed E-state index contributed by atoms with van der Waals surface area (Å²) in [6.45, 7) is 21.7. The van der Waals surface area contributed by atoms with E-state index in [-0.39, 0.29) is 67.6 Å². The van der Waals surface area contributed by atoms with Gasteiger partial charge in [0, 0.05) is 0 Å². The summed E-state index contributed by atoms with van der Waals surface area (Å²) >= 11 is 0. The van der Waals surface area contributed by atoms with Crippen LogP contribution in [-0.4, -0.2) is 29.9 Å². The first kappa shape index (κ1) is 17.6. The van der Waals surface area contributed by atoms with Crippen LogP contribution in [0.15, 0.2) is 0 Å². The molecule has 12 heteroatoms. The van der Waals surface area contributed by atoms with Gasteiger partial charge in [-0.2, -0.15) is 15.8 Å². The standard InChI is InChI=1S/C18N12/c1-22-16-9(6-21)27-12-13(28-16)10-11(26-8(5-20)7(4-19)25-10)14-15(12)30-18(24-3)17(23-2)29-14. The summed E-state index contributed by atoms with van der Waals surface area (Å²) in [6.07, 6.45) is 0. The molecule has 0 saturated carbocycles. The molecule has 132 valence electrons. The highest BCUT2D eigenvalue weighted by Crippen LogP contribution is 2.35. The summed E-state index contributed by atoms with van der Waals surface area (Å²) in [4.78, 5) is 34.4. The van der Waals surface area contributed by atoms with Gasteiger partial charge in [0.25, 0.3) is 11.6 Å². The lowest BCUT2D eigenvalue weighted by Crippen LogP contribution is -2.02. The largest absolute Gasteiger partial charge is 0.370 e. The van der Waals surface area contributed by atoms with Crippen LogP contribution in [-0.2, 0) is 0 Å². The molecule has 0 bridgehead atoms. The monoisotopic (exact) mass is 384 g/mol. The van der Waals surface area contributed by atoms with Crippen molar-refractivity contribution < 1.29 is 0 Å². The predicted molar refractivity (Wildman–Crippen MR) is 98.7 cm³/mol. The number of nitriles is 3. The second kappa shape index (κ2) is 6.41. The highest BCUT2D eigenvalue weighted by Gasteiger charge is 2.27. The van der Waals surface area contributed by atoms with Crippen molar-refractivity contribution in [3.8, 4) is 18.2 Å². The molecule has 0 radical (unpaired) electrons. The van der Waals surface area contributed by atoms with Crippen molar-refractivity contribution in [3.63, 3.8) is 0 Å². The van der Waals surface area contributed by atoms with Gasteiger partial charge in [0.05, 0.1) is 0 Å². The van der Waals surface area contributed by atoms with Gasteiger partial charge < -0.3 is 14.5 Å². The molecule has 0 atom stereocenters. The SMILES string of the molecule is [C-]#[N+]c1nc2c3nc(C#N)c(C#N)nc3c3nc([N+]#[C-])c([N+]#[C-])nc3c2nc1C#N. The van der Waals surface area contributed by atoms with Crippen LogP contribution in [0.3, 0.4) is 0 Å². The van der Waals surface area contributed by atoms with Gasteiger partial charge in [-0.25, -0.2) is 15.0 Å². The van der Waals surface area contributed by atoms with E-state index in [1.165, 1.54) is 0 Å². The molecule has 4 aromatic rings. The fourth-order valence-corrected chi connectivity index (χ4v) is 2.73. The van der Waals surface area contributed by atoms with Gasteiger partial charge in [0.1, 0.15) is 29.2 Å². The highest BCUT2D eigenvalue weighted by molar-refractivity contribution is 6.19. The minimum Gasteiger partial charge on any atom is -0.370 e. The summed E-state index contributed by atoms with van der Waals surface area (Å²) in [7, 11) is 0. The van der Waals surface area contributed by atoms with Gasteiger partial charge in [-0.3, -0.25) is 0 Å². The van der Waals surface area contributed by atoms with Crippen LogP contribution in [0.2, 0.25) is 0 Å². The molecule has 0 aliphatic carbocycles. The fourth-order valence-electron chi connectivity index (χ4n) is 2.73. The van der Waals surface area contributed by atoms with Crippen molar-refractivity contribution in [2.45, 2.75) is 0 Å². The molecule has 0 aliphatic heterocycles. The summed E-state index contributed by atoms with van der Waals surface area (Å²) in [6, 6.07) is 5.29. The Morgan fingerprint density at radius 1 is 0.467 bits per heavy atom. The Balaban J connectivity index is 2.42.